The van der Waals surface area contributed by atoms with E-state index in [4.69, 9.17) is 5.73 Å². The summed E-state index contributed by atoms with van der Waals surface area (Å²) in [5.41, 5.74) is 6.68. The Morgan fingerprint density at radius 1 is 1.56 bits per heavy atom. The van der Waals surface area contributed by atoms with Gasteiger partial charge < -0.3 is 11.1 Å². The summed E-state index contributed by atoms with van der Waals surface area (Å²) in [6, 6.07) is 0.283. The van der Waals surface area contributed by atoms with Crippen molar-refractivity contribution in [1.29, 1.82) is 0 Å². The molecular formula is C13H22N4O. The van der Waals surface area contributed by atoms with E-state index in [9.17, 15) is 4.79 Å². The van der Waals surface area contributed by atoms with Gasteiger partial charge in [0.05, 0.1) is 11.9 Å². The topological polar surface area (TPSA) is 72.9 Å². The molecule has 0 bridgehead atoms. The van der Waals surface area contributed by atoms with Crippen LogP contribution in [0.3, 0.4) is 0 Å². The number of hydrogen-bond donors (Lipinski definition) is 2. The number of nitrogens with two attached hydrogens (primary N) is 1. The predicted molar refractivity (Wildman–Crippen MR) is 71.1 cm³/mol. The lowest BCUT2D eigenvalue weighted by atomic mass is 9.83. The van der Waals surface area contributed by atoms with Gasteiger partial charge in [-0.25, -0.2) is 0 Å². The smallest absolute Gasteiger partial charge is 0.271 e. The van der Waals surface area contributed by atoms with E-state index in [1.807, 2.05) is 0 Å². The number of carbonyl (C=O) groups is 1. The van der Waals surface area contributed by atoms with Gasteiger partial charge in [-0.15, -0.1) is 0 Å². The first-order chi connectivity index (χ1) is 8.63. The fourth-order valence-electron chi connectivity index (χ4n) is 2.86. The molecule has 5 nitrogen and oxygen atoms in total. The number of aryl methyl sites for hydroxylation is 1. The number of nitrogen functional groups attached to an aromatic ring is 1. The minimum absolute atomic E-state index is 0.0992. The zero-order valence-electron chi connectivity index (χ0n) is 11.1. The Hall–Kier alpha value is -1.52. The van der Waals surface area contributed by atoms with Gasteiger partial charge in [-0.05, 0) is 18.8 Å². The average Bonchev–Trinajstić information content (AvgIpc) is 2.69. The molecule has 0 aromatic carbocycles. The van der Waals surface area contributed by atoms with E-state index in [2.05, 4.69) is 17.3 Å². The zero-order chi connectivity index (χ0) is 13.1. The third-order valence-corrected chi connectivity index (χ3v) is 3.93. The molecule has 100 valence electrons. The van der Waals surface area contributed by atoms with Crippen LogP contribution < -0.4 is 11.1 Å². The van der Waals surface area contributed by atoms with E-state index in [1.54, 1.807) is 7.05 Å². The molecule has 0 saturated heterocycles. The van der Waals surface area contributed by atoms with Gasteiger partial charge in [0, 0.05) is 13.1 Å². The number of hydrogen-bond acceptors (Lipinski definition) is 3. The van der Waals surface area contributed by atoms with Crippen LogP contribution in [0, 0.1) is 5.92 Å². The first kappa shape index (κ1) is 12.9. The van der Waals surface area contributed by atoms with Crippen molar-refractivity contribution in [2.45, 2.75) is 45.1 Å². The van der Waals surface area contributed by atoms with Gasteiger partial charge in [0.25, 0.3) is 5.91 Å². The summed E-state index contributed by atoms with van der Waals surface area (Å²) in [6.45, 7) is 2.19. The van der Waals surface area contributed by atoms with Crippen LogP contribution >= 0.6 is 0 Å². The quantitative estimate of drug-likeness (QED) is 0.857. The largest absolute Gasteiger partial charge is 0.396 e. The van der Waals surface area contributed by atoms with Crippen molar-refractivity contribution in [2.75, 3.05) is 5.73 Å². The van der Waals surface area contributed by atoms with Crippen molar-refractivity contribution in [3.63, 3.8) is 0 Å². The predicted octanol–water partition coefficient (Wildman–Crippen LogP) is 1.70. The Balaban J connectivity index is 2.06. The molecule has 1 saturated carbocycles. The van der Waals surface area contributed by atoms with E-state index in [1.165, 1.54) is 30.1 Å². The molecule has 2 atom stereocenters. The highest BCUT2D eigenvalue weighted by Crippen LogP contribution is 2.27. The Bertz CT molecular complexity index is 407. The highest BCUT2D eigenvalue weighted by atomic mass is 16.2. The molecule has 2 rings (SSSR count). The van der Waals surface area contributed by atoms with Gasteiger partial charge in [0.2, 0.25) is 0 Å². The molecular weight excluding hydrogens is 228 g/mol. The van der Waals surface area contributed by atoms with Gasteiger partial charge in [-0.1, -0.05) is 26.2 Å². The van der Waals surface area contributed by atoms with Crippen molar-refractivity contribution >= 4 is 11.6 Å². The highest BCUT2D eigenvalue weighted by Gasteiger charge is 2.26. The number of carbonyl (C=O) groups excluding carboxylic acids is 1. The molecule has 0 aliphatic heterocycles. The lowest BCUT2D eigenvalue weighted by Crippen LogP contribution is -2.42. The van der Waals surface area contributed by atoms with Crippen LogP contribution in [0.25, 0.3) is 0 Å². The van der Waals surface area contributed by atoms with Crippen molar-refractivity contribution in [3.05, 3.63) is 11.9 Å². The Labute approximate surface area is 108 Å². The van der Waals surface area contributed by atoms with Crippen LogP contribution in [0.15, 0.2) is 6.20 Å². The first-order valence-electron chi connectivity index (χ1n) is 6.71. The summed E-state index contributed by atoms with van der Waals surface area (Å²) in [4.78, 5) is 12.2. The Kier molecular flexibility index (Phi) is 3.89. The van der Waals surface area contributed by atoms with E-state index < -0.39 is 0 Å². The van der Waals surface area contributed by atoms with Crippen molar-refractivity contribution in [1.82, 2.24) is 15.1 Å². The zero-order valence-corrected chi connectivity index (χ0v) is 11.1. The fourth-order valence-corrected chi connectivity index (χ4v) is 2.86. The molecule has 1 aromatic rings. The van der Waals surface area contributed by atoms with Gasteiger partial charge in [0.1, 0.15) is 5.69 Å². The normalized spacial score (nSPS) is 23.9. The van der Waals surface area contributed by atoms with Crippen LogP contribution in [-0.2, 0) is 7.05 Å². The van der Waals surface area contributed by atoms with Crippen molar-refractivity contribution in [2.24, 2.45) is 13.0 Å². The molecule has 1 aliphatic carbocycles. The SMILES string of the molecule is CCC1CCCCC1NC(=O)c1c(N)cnn1C. The molecule has 3 N–H and O–H groups in total. The molecule has 1 fully saturated rings. The molecule has 5 heteroatoms. The molecule has 2 unspecified atom stereocenters. The van der Waals surface area contributed by atoms with Crippen LogP contribution in [0.2, 0.25) is 0 Å². The number of aromatic nitrogens is 2. The maximum Gasteiger partial charge on any atom is 0.271 e. The Morgan fingerprint density at radius 2 is 2.28 bits per heavy atom. The molecule has 0 radical (unpaired) electrons. The monoisotopic (exact) mass is 250 g/mol. The number of nitrogens with one attached hydrogen (secondary N) is 1. The molecule has 1 aromatic heterocycles. The Morgan fingerprint density at radius 3 is 2.89 bits per heavy atom. The van der Waals surface area contributed by atoms with Crippen molar-refractivity contribution < 1.29 is 4.79 Å². The fraction of sp³-hybridized carbons (Fsp3) is 0.692. The minimum atomic E-state index is -0.0992. The van der Waals surface area contributed by atoms with Gasteiger partial charge in [-0.3, -0.25) is 9.48 Å². The summed E-state index contributed by atoms with van der Waals surface area (Å²) in [5, 5.41) is 7.12. The number of anilines is 1. The average molecular weight is 250 g/mol. The van der Waals surface area contributed by atoms with Crippen LogP contribution in [0.1, 0.15) is 49.5 Å². The van der Waals surface area contributed by atoms with Gasteiger partial charge in [-0.2, -0.15) is 5.10 Å². The minimum Gasteiger partial charge on any atom is -0.396 e. The maximum absolute atomic E-state index is 12.2. The second-order valence-electron chi connectivity index (χ2n) is 5.10. The highest BCUT2D eigenvalue weighted by molar-refractivity contribution is 5.97. The lowest BCUT2D eigenvalue weighted by Gasteiger charge is -2.31. The van der Waals surface area contributed by atoms with Gasteiger partial charge in [0.15, 0.2) is 0 Å². The van der Waals surface area contributed by atoms with Gasteiger partial charge >= 0.3 is 0 Å². The molecule has 1 aliphatic rings. The first-order valence-corrected chi connectivity index (χ1v) is 6.71. The van der Waals surface area contributed by atoms with Crippen LogP contribution in [0.4, 0.5) is 5.69 Å². The summed E-state index contributed by atoms with van der Waals surface area (Å²) < 4.78 is 1.54. The molecule has 18 heavy (non-hydrogen) atoms. The lowest BCUT2D eigenvalue weighted by molar-refractivity contribution is 0.0896. The van der Waals surface area contributed by atoms with E-state index >= 15 is 0 Å². The van der Waals surface area contributed by atoms with Crippen LogP contribution in [-0.4, -0.2) is 21.7 Å². The molecule has 1 amide bonds. The van der Waals surface area contributed by atoms with E-state index in [0.29, 0.717) is 17.3 Å². The second kappa shape index (κ2) is 5.42. The van der Waals surface area contributed by atoms with E-state index in [-0.39, 0.29) is 11.9 Å². The third-order valence-electron chi connectivity index (χ3n) is 3.93. The summed E-state index contributed by atoms with van der Waals surface area (Å²) in [6.07, 6.45) is 7.39. The molecule has 1 heterocycles. The summed E-state index contributed by atoms with van der Waals surface area (Å²) >= 11 is 0. The maximum atomic E-state index is 12.2. The number of amides is 1. The second-order valence-corrected chi connectivity index (χ2v) is 5.10. The van der Waals surface area contributed by atoms with Crippen molar-refractivity contribution in [3.8, 4) is 0 Å². The number of rotatable bonds is 3. The standard InChI is InChI=1S/C13H22N4O/c1-3-9-6-4-5-7-11(9)16-13(18)12-10(14)8-15-17(12)2/h8-9,11H,3-7,14H2,1-2H3,(H,16,18). The summed E-state index contributed by atoms with van der Waals surface area (Å²) in [7, 11) is 1.74. The number of nitrogens with zero attached hydrogens (tertiary/aromatic N) is 2. The summed E-state index contributed by atoms with van der Waals surface area (Å²) in [5.74, 6) is 0.495. The molecule has 0 spiro atoms. The third kappa shape index (κ3) is 2.49. The van der Waals surface area contributed by atoms with Crippen LogP contribution in [0.5, 0.6) is 0 Å². The van der Waals surface area contributed by atoms with E-state index in [0.717, 1.165) is 12.8 Å².